The van der Waals surface area contributed by atoms with Crippen LogP contribution in [0.4, 0.5) is 16.0 Å². The van der Waals surface area contributed by atoms with E-state index in [4.69, 9.17) is 9.72 Å². The molecule has 0 radical (unpaired) electrons. The van der Waals surface area contributed by atoms with Gasteiger partial charge in [-0.1, -0.05) is 6.07 Å². The van der Waals surface area contributed by atoms with Crippen molar-refractivity contribution in [3.05, 3.63) is 36.5 Å². The van der Waals surface area contributed by atoms with Gasteiger partial charge in [0.15, 0.2) is 17.5 Å². The predicted octanol–water partition coefficient (Wildman–Crippen LogP) is 2.89. The molecular weight excluding hydrogens is 401 g/mol. The first-order valence-corrected chi connectivity index (χ1v) is 10.3. The Hall–Kier alpha value is -3.40. The predicted molar refractivity (Wildman–Crippen MR) is 114 cm³/mol. The maximum absolute atomic E-state index is 14.7. The number of amides is 1. The zero-order valence-electron chi connectivity index (χ0n) is 16.8. The number of hydrogen-bond acceptors (Lipinski definition) is 7. The van der Waals surface area contributed by atoms with Gasteiger partial charge in [0.25, 0.3) is 0 Å². The molecule has 3 aromatic rings. The minimum atomic E-state index is -0.432. The summed E-state index contributed by atoms with van der Waals surface area (Å²) in [6.45, 7) is 2.53. The number of hydrogen-bond donors (Lipinski definition) is 2. The lowest BCUT2D eigenvalue weighted by Crippen LogP contribution is -2.40. The molecule has 1 fully saturated rings. The first-order valence-electron chi connectivity index (χ1n) is 10.3. The van der Waals surface area contributed by atoms with Crippen LogP contribution in [0, 0.1) is 11.7 Å². The number of nitrogens with zero attached hydrogens (tertiary/aromatic N) is 5. The highest BCUT2D eigenvalue weighted by Gasteiger charge is 2.26. The number of ether oxygens (including phenoxy) is 1. The Morgan fingerprint density at radius 2 is 2.13 bits per heavy atom. The number of H-pyrrole nitrogens is 1. The lowest BCUT2D eigenvalue weighted by molar-refractivity contribution is -0.115. The number of fused-ring (bicyclic) bond motifs is 1. The number of rotatable bonds is 5. The highest BCUT2D eigenvalue weighted by molar-refractivity contribution is 5.99. The van der Waals surface area contributed by atoms with E-state index >= 15 is 0 Å². The van der Waals surface area contributed by atoms with Crippen molar-refractivity contribution in [3.63, 3.8) is 0 Å². The molecule has 1 aromatic carbocycles. The number of aromatic nitrogens is 5. The van der Waals surface area contributed by atoms with E-state index < -0.39 is 5.82 Å². The van der Waals surface area contributed by atoms with Crippen LogP contribution in [0.1, 0.15) is 20.7 Å². The summed E-state index contributed by atoms with van der Waals surface area (Å²) in [4.78, 5) is 27.2. The lowest BCUT2D eigenvalue weighted by atomic mass is 9.96. The van der Waals surface area contributed by atoms with Gasteiger partial charge in [0, 0.05) is 26.7 Å². The quantitative estimate of drug-likeness (QED) is 0.647. The van der Waals surface area contributed by atoms with Crippen molar-refractivity contribution in [2.45, 2.75) is 19.3 Å². The molecule has 2 aliphatic heterocycles. The molecule has 10 heteroatoms. The molecule has 0 spiro atoms. The smallest absolute Gasteiger partial charge is 0.245 e. The summed E-state index contributed by atoms with van der Waals surface area (Å²) in [6, 6.07) is 4.81. The summed E-state index contributed by atoms with van der Waals surface area (Å²) in [5.41, 5.74) is 1.46. The monoisotopic (exact) mass is 425 g/mol. The molecular formula is C21H24FN7O2. The van der Waals surface area contributed by atoms with Gasteiger partial charge in [0.2, 0.25) is 5.91 Å². The molecule has 162 valence electrons. The van der Waals surface area contributed by atoms with E-state index in [0.717, 1.165) is 32.5 Å². The van der Waals surface area contributed by atoms with Gasteiger partial charge in [0.05, 0.1) is 24.0 Å². The summed E-state index contributed by atoms with van der Waals surface area (Å²) in [7, 11) is 0. The third-order valence-electron chi connectivity index (χ3n) is 5.73. The summed E-state index contributed by atoms with van der Waals surface area (Å²) in [5, 5.41) is 9.20. The van der Waals surface area contributed by atoms with Gasteiger partial charge in [-0.05, 0) is 37.3 Å². The fraction of sp³-hybridized carbons (Fsp3) is 0.381. The Balaban J connectivity index is 0.00000245. The maximum atomic E-state index is 14.7. The van der Waals surface area contributed by atoms with E-state index in [1.807, 2.05) is 4.90 Å². The van der Waals surface area contributed by atoms with Crippen molar-refractivity contribution < 1.29 is 15.3 Å². The highest BCUT2D eigenvalue weighted by Crippen LogP contribution is 2.31. The molecule has 1 amide bonds. The molecule has 2 N–H and O–H groups in total. The van der Waals surface area contributed by atoms with Crippen LogP contribution in [0.25, 0.3) is 22.6 Å². The van der Waals surface area contributed by atoms with Crippen molar-refractivity contribution in [2.75, 3.05) is 36.5 Å². The van der Waals surface area contributed by atoms with Crippen molar-refractivity contribution >= 4 is 17.5 Å². The van der Waals surface area contributed by atoms with E-state index in [9.17, 15) is 9.18 Å². The van der Waals surface area contributed by atoms with Crippen LogP contribution >= 0.6 is 0 Å². The fourth-order valence-corrected chi connectivity index (χ4v) is 4.01. The number of anilines is 2. The highest BCUT2D eigenvalue weighted by atomic mass is 19.1. The molecule has 2 aromatic heterocycles. The van der Waals surface area contributed by atoms with Crippen molar-refractivity contribution in [1.29, 1.82) is 0 Å². The molecule has 31 heavy (non-hydrogen) atoms. The molecule has 0 atom stereocenters. The number of aromatic amines is 1. The van der Waals surface area contributed by atoms with Gasteiger partial charge in [0.1, 0.15) is 12.1 Å². The van der Waals surface area contributed by atoms with E-state index in [-0.39, 0.29) is 13.9 Å². The second-order valence-corrected chi connectivity index (χ2v) is 7.77. The molecule has 5 rings (SSSR count). The Morgan fingerprint density at radius 3 is 2.90 bits per heavy atom. The van der Waals surface area contributed by atoms with Gasteiger partial charge in [-0.25, -0.2) is 19.3 Å². The SMILES string of the molecule is O=C1CN(CCC2CCOCC2)c2nc(-c3ccc(-c4ncn[nH]4)c(F)c3)cnc2N1.[HH]. The number of halogens is 1. The molecule has 2 aliphatic rings. The second-order valence-electron chi connectivity index (χ2n) is 7.77. The van der Waals surface area contributed by atoms with E-state index in [2.05, 4.69) is 25.5 Å². The molecule has 0 unspecified atom stereocenters. The summed E-state index contributed by atoms with van der Waals surface area (Å²) in [5.74, 6) is 1.45. The van der Waals surface area contributed by atoms with Crippen LogP contribution in [0.15, 0.2) is 30.7 Å². The first kappa shape index (κ1) is 19.6. The average Bonchev–Trinajstić information content (AvgIpc) is 3.32. The third kappa shape index (κ3) is 4.11. The Labute approximate surface area is 179 Å². The minimum absolute atomic E-state index is 0. The average molecular weight is 425 g/mol. The normalized spacial score (nSPS) is 16.8. The molecule has 0 bridgehead atoms. The maximum Gasteiger partial charge on any atom is 0.245 e. The van der Waals surface area contributed by atoms with Crippen LogP contribution in [0.5, 0.6) is 0 Å². The Bertz CT molecular complexity index is 1090. The zero-order chi connectivity index (χ0) is 21.2. The van der Waals surface area contributed by atoms with E-state index in [1.54, 1.807) is 18.3 Å². The second kappa shape index (κ2) is 8.38. The first-order chi connectivity index (χ1) is 15.2. The zero-order valence-corrected chi connectivity index (χ0v) is 16.8. The number of nitrogens with one attached hydrogen (secondary N) is 2. The number of benzene rings is 1. The van der Waals surface area contributed by atoms with Crippen molar-refractivity contribution in [3.8, 4) is 22.6 Å². The van der Waals surface area contributed by atoms with Crippen molar-refractivity contribution in [2.24, 2.45) is 5.92 Å². The van der Waals surface area contributed by atoms with Crippen LogP contribution in [-0.4, -0.2) is 57.4 Å². The largest absolute Gasteiger partial charge is 0.381 e. The van der Waals surface area contributed by atoms with Crippen LogP contribution < -0.4 is 10.2 Å². The Morgan fingerprint density at radius 1 is 1.26 bits per heavy atom. The van der Waals surface area contributed by atoms with Crippen molar-refractivity contribution in [1.82, 2.24) is 25.1 Å². The van der Waals surface area contributed by atoms with Gasteiger partial charge < -0.3 is 15.0 Å². The summed E-state index contributed by atoms with van der Waals surface area (Å²) < 4.78 is 20.1. The molecule has 0 saturated carbocycles. The van der Waals surface area contributed by atoms with Crippen LogP contribution in [0.2, 0.25) is 0 Å². The van der Waals surface area contributed by atoms with Gasteiger partial charge in [-0.15, -0.1) is 0 Å². The standard InChI is InChI=1S/C21H22FN7O2.H2/c22-16-9-14(1-2-15(16)19-24-12-25-28-19)17-10-23-20-21(26-17)29(11-18(30)27-20)6-3-13-4-7-31-8-5-13;/h1-2,9-10,12-13H,3-8,11H2,(H,23,27,30)(H,24,25,28);1H. The summed E-state index contributed by atoms with van der Waals surface area (Å²) in [6.07, 6.45) is 5.91. The molecule has 1 saturated heterocycles. The summed E-state index contributed by atoms with van der Waals surface area (Å²) >= 11 is 0. The fourth-order valence-electron chi connectivity index (χ4n) is 4.01. The number of carbonyl (C=O) groups is 1. The molecule has 4 heterocycles. The number of carbonyl (C=O) groups excluding carboxylic acids is 1. The molecule has 9 nitrogen and oxygen atoms in total. The molecule has 0 aliphatic carbocycles. The van der Waals surface area contributed by atoms with E-state index in [0.29, 0.717) is 46.7 Å². The van der Waals surface area contributed by atoms with Gasteiger partial charge in [-0.2, -0.15) is 5.10 Å². The van der Waals surface area contributed by atoms with Gasteiger partial charge >= 0.3 is 0 Å². The third-order valence-corrected chi connectivity index (χ3v) is 5.73. The Kier molecular flexibility index (Phi) is 5.29. The van der Waals surface area contributed by atoms with Gasteiger partial charge in [-0.3, -0.25) is 9.89 Å². The topological polar surface area (TPSA) is 109 Å². The van der Waals surface area contributed by atoms with Crippen LogP contribution in [-0.2, 0) is 9.53 Å². The van der Waals surface area contributed by atoms with E-state index in [1.165, 1.54) is 12.4 Å². The lowest BCUT2D eigenvalue weighted by Gasteiger charge is -2.31. The minimum Gasteiger partial charge on any atom is -0.381 e. The van der Waals surface area contributed by atoms with Crippen LogP contribution in [0.3, 0.4) is 0 Å².